The maximum Gasteiger partial charge on any atom is 0.486 e. The first-order chi connectivity index (χ1) is 19.0. The Labute approximate surface area is 238 Å². The summed E-state index contributed by atoms with van der Waals surface area (Å²) in [5.74, 6) is 3.01. The minimum Gasteiger partial charge on any atom is -0.502 e. The molecule has 1 saturated heterocycles. The zero-order chi connectivity index (χ0) is 29.1. The number of hydrogen-bond acceptors (Lipinski definition) is 8. The molecule has 2 aliphatic heterocycles. The number of methoxy groups -OCH3 is 1. The number of benzene rings is 1. The van der Waals surface area contributed by atoms with Crippen molar-refractivity contribution in [3.05, 3.63) is 48.3 Å². The molecular weight excluding hydrogens is 533 g/mol. The first-order valence-corrected chi connectivity index (χ1v) is 15.2. The fourth-order valence-corrected chi connectivity index (χ4v) is 6.53. The van der Waals surface area contributed by atoms with Crippen molar-refractivity contribution in [2.75, 3.05) is 24.6 Å². The fraction of sp³-hybridized carbons (Fsp3) is 0.536. The van der Waals surface area contributed by atoms with Crippen molar-refractivity contribution in [3.63, 3.8) is 0 Å². The molecule has 1 fully saturated rings. The molecule has 2 atom stereocenters. The molecule has 1 aromatic carbocycles. The minimum atomic E-state index is -4.05. The Morgan fingerprint density at radius 1 is 1.32 bits per heavy atom. The van der Waals surface area contributed by atoms with Crippen molar-refractivity contribution >= 4 is 28.9 Å². The summed E-state index contributed by atoms with van der Waals surface area (Å²) in [6.45, 7) is 14.6. The zero-order valence-electron chi connectivity index (χ0n) is 24.3. The molecule has 1 aromatic heterocycles. The predicted octanol–water partition coefficient (Wildman–Crippen LogP) is 4.84. The van der Waals surface area contributed by atoms with Crippen LogP contribution >= 0.6 is 0 Å². The van der Waals surface area contributed by atoms with E-state index in [2.05, 4.69) is 11.7 Å². The van der Waals surface area contributed by atoms with Crippen molar-refractivity contribution in [1.29, 1.82) is 0 Å². The van der Waals surface area contributed by atoms with E-state index in [0.29, 0.717) is 43.2 Å². The van der Waals surface area contributed by atoms with E-state index in [1.165, 1.54) is 10.5 Å². The Morgan fingerprint density at radius 3 is 2.77 bits per heavy atom. The average Bonchev–Trinajstić information content (AvgIpc) is 3.33. The van der Waals surface area contributed by atoms with Crippen LogP contribution < -0.4 is 13.8 Å². The third-order valence-electron chi connectivity index (χ3n) is 6.84. The van der Waals surface area contributed by atoms with Crippen LogP contribution in [0.15, 0.2) is 47.6 Å². The lowest BCUT2D eigenvalue weighted by molar-refractivity contribution is -0.0235. The lowest BCUT2D eigenvalue weighted by Crippen LogP contribution is -2.45. The molecule has 0 saturated carbocycles. The molecule has 0 spiro atoms. The van der Waals surface area contributed by atoms with E-state index in [1.54, 1.807) is 30.8 Å². The number of nitrogens with zero attached hydrogens (tertiary/aromatic N) is 3. The summed E-state index contributed by atoms with van der Waals surface area (Å²) >= 11 is 0. The highest BCUT2D eigenvalue weighted by atomic mass is 32.2. The number of anilines is 1. The SMILES string of the molecule is C=C(CCC1CN(S(=O)(=O)c2cn(CC)nc2OCC)c2cc(C=CB3OC(C)CC(C)(C)O3)ccc2O1)OC. The molecule has 4 rings (SSSR count). The van der Waals surface area contributed by atoms with Gasteiger partial charge in [-0.25, -0.2) is 8.42 Å². The highest BCUT2D eigenvalue weighted by Crippen LogP contribution is 2.40. The van der Waals surface area contributed by atoms with Gasteiger partial charge in [0, 0.05) is 25.3 Å². The Hall–Kier alpha value is -2.96. The van der Waals surface area contributed by atoms with Gasteiger partial charge in [0.15, 0.2) is 4.90 Å². The van der Waals surface area contributed by atoms with Crippen LogP contribution in [-0.4, -0.2) is 63.4 Å². The summed E-state index contributed by atoms with van der Waals surface area (Å²) < 4.78 is 60.4. The van der Waals surface area contributed by atoms with Crippen molar-refractivity contribution in [2.24, 2.45) is 0 Å². The van der Waals surface area contributed by atoms with Gasteiger partial charge >= 0.3 is 7.12 Å². The van der Waals surface area contributed by atoms with E-state index >= 15 is 0 Å². The quantitative estimate of drug-likeness (QED) is 0.278. The normalized spacial score (nSPS) is 20.8. The lowest BCUT2D eigenvalue weighted by atomic mass is 9.82. The van der Waals surface area contributed by atoms with E-state index in [-0.39, 0.29) is 29.0 Å². The topological polar surface area (TPSA) is 101 Å². The number of sulfonamides is 1. The van der Waals surface area contributed by atoms with Gasteiger partial charge in [-0.2, -0.15) is 0 Å². The number of hydrogen-bond donors (Lipinski definition) is 0. The van der Waals surface area contributed by atoms with Crippen LogP contribution in [0, 0.1) is 0 Å². The minimum absolute atomic E-state index is 0.0188. The Kier molecular flexibility index (Phi) is 9.21. The largest absolute Gasteiger partial charge is 0.502 e. The third-order valence-corrected chi connectivity index (χ3v) is 8.61. The Morgan fingerprint density at radius 2 is 2.10 bits per heavy atom. The second kappa shape index (κ2) is 12.3. The van der Waals surface area contributed by atoms with Crippen LogP contribution in [-0.2, 0) is 30.6 Å². The molecule has 10 nitrogen and oxygen atoms in total. The molecule has 218 valence electrons. The van der Waals surface area contributed by atoms with E-state index in [1.807, 2.05) is 45.8 Å². The van der Waals surface area contributed by atoms with Gasteiger partial charge in [-0.3, -0.25) is 8.99 Å². The average molecular weight is 574 g/mol. The van der Waals surface area contributed by atoms with E-state index in [9.17, 15) is 8.42 Å². The maximum absolute atomic E-state index is 14.2. The molecule has 2 aromatic rings. The Bertz CT molecular complexity index is 1340. The van der Waals surface area contributed by atoms with Crippen molar-refractivity contribution in [1.82, 2.24) is 9.78 Å². The smallest absolute Gasteiger partial charge is 0.486 e. The molecule has 0 bridgehead atoms. The summed E-state index contributed by atoms with van der Waals surface area (Å²) in [4.78, 5) is 0.0188. The molecule has 0 N–H and O–H groups in total. The van der Waals surface area contributed by atoms with Crippen molar-refractivity contribution in [2.45, 2.75) is 83.1 Å². The first-order valence-electron chi connectivity index (χ1n) is 13.7. The van der Waals surface area contributed by atoms with Gasteiger partial charge < -0.3 is 23.5 Å². The van der Waals surface area contributed by atoms with Crippen molar-refractivity contribution in [3.8, 4) is 11.6 Å². The molecular formula is C28H40BN3O7S. The van der Waals surface area contributed by atoms with E-state index in [4.69, 9.17) is 23.5 Å². The molecule has 2 aliphatic rings. The summed E-state index contributed by atoms with van der Waals surface area (Å²) in [6, 6.07) is 5.48. The summed E-state index contributed by atoms with van der Waals surface area (Å²) in [6.07, 6.45) is 4.93. The highest BCUT2D eigenvalue weighted by Gasteiger charge is 2.38. The van der Waals surface area contributed by atoms with Crippen LogP contribution in [0.1, 0.15) is 59.4 Å². The van der Waals surface area contributed by atoms with E-state index < -0.39 is 23.2 Å². The summed E-state index contributed by atoms with van der Waals surface area (Å²) in [7, 11) is -2.99. The van der Waals surface area contributed by atoms with Crippen LogP contribution in [0.2, 0.25) is 0 Å². The summed E-state index contributed by atoms with van der Waals surface area (Å²) in [5.41, 5.74) is 0.923. The zero-order valence-corrected chi connectivity index (χ0v) is 25.1. The Balaban J connectivity index is 1.70. The lowest BCUT2D eigenvalue weighted by Gasteiger charge is -2.37. The van der Waals surface area contributed by atoms with E-state index in [0.717, 1.165) is 12.0 Å². The summed E-state index contributed by atoms with van der Waals surface area (Å²) in [5, 5.41) is 4.33. The second-order valence-corrected chi connectivity index (χ2v) is 12.5. The molecule has 40 heavy (non-hydrogen) atoms. The van der Waals surface area contributed by atoms with Gasteiger partial charge in [-0.15, -0.1) is 5.10 Å². The van der Waals surface area contributed by atoms with Crippen molar-refractivity contribution < 1.29 is 31.9 Å². The van der Waals surface area contributed by atoms with Gasteiger partial charge in [-0.1, -0.05) is 24.7 Å². The third kappa shape index (κ3) is 6.84. The second-order valence-electron chi connectivity index (χ2n) is 10.6. The molecule has 0 aliphatic carbocycles. The molecule has 0 radical (unpaired) electrons. The predicted molar refractivity (Wildman–Crippen MR) is 155 cm³/mol. The van der Waals surface area contributed by atoms with Crippen LogP contribution in [0.4, 0.5) is 5.69 Å². The number of allylic oxidation sites excluding steroid dienone is 1. The number of aryl methyl sites for hydroxylation is 1. The van der Waals surface area contributed by atoms with Gasteiger partial charge in [-0.05, 0) is 65.2 Å². The first kappa shape index (κ1) is 30.0. The van der Waals surface area contributed by atoms with Gasteiger partial charge in [0.2, 0.25) is 0 Å². The number of ether oxygens (including phenoxy) is 3. The van der Waals surface area contributed by atoms with Crippen LogP contribution in [0.3, 0.4) is 0 Å². The van der Waals surface area contributed by atoms with Gasteiger partial charge in [0.1, 0.15) is 11.9 Å². The molecule has 0 amide bonds. The fourth-order valence-electron chi connectivity index (χ4n) is 4.95. The van der Waals surface area contributed by atoms with Gasteiger partial charge in [0.25, 0.3) is 15.9 Å². The monoisotopic (exact) mass is 573 g/mol. The molecule has 3 heterocycles. The number of rotatable bonds is 11. The van der Waals surface area contributed by atoms with Gasteiger partial charge in [0.05, 0.1) is 37.3 Å². The molecule has 2 unspecified atom stereocenters. The van der Waals surface area contributed by atoms with Crippen LogP contribution in [0.25, 0.3) is 6.08 Å². The number of aromatic nitrogens is 2. The standard InChI is InChI=1S/C28H40BN3O7S/c1-8-31-19-26(27(30-31)36-9-2)40(33,34)32-18-23(12-10-20(3)35-7)37-25-13-11-22(16-24(25)32)14-15-29-38-21(4)17-28(5,6)39-29/h11,13-16,19,21,23H,3,8-10,12,17-18H2,1-2,4-7H3. The number of fused-ring (bicyclic) bond motifs is 1. The maximum atomic E-state index is 14.2. The highest BCUT2D eigenvalue weighted by molar-refractivity contribution is 7.93. The van der Waals surface area contributed by atoms with Crippen LogP contribution in [0.5, 0.6) is 11.6 Å². The molecule has 12 heteroatoms.